The number of hydrogen-bond acceptors (Lipinski definition) is 2. The molecule has 1 heterocycles. The number of aromatic nitrogens is 1. The monoisotopic (exact) mass is 351 g/mol. The zero-order valence-electron chi connectivity index (χ0n) is 11.7. The van der Waals surface area contributed by atoms with Crippen LogP contribution in [-0.2, 0) is 0 Å². The summed E-state index contributed by atoms with van der Waals surface area (Å²) in [7, 11) is 0. The van der Waals surface area contributed by atoms with E-state index in [1.54, 1.807) is 11.3 Å². The Morgan fingerprint density at radius 1 is 0.870 bits per heavy atom. The Bertz CT molecular complexity index is 673. The van der Waals surface area contributed by atoms with E-state index in [0.717, 1.165) is 5.01 Å². The van der Waals surface area contributed by atoms with Gasteiger partial charge >= 0.3 is 17.8 Å². The minimum atomic E-state index is -5.29. The topological polar surface area (TPSA) is 12.9 Å². The molecular weight excluding hydrogens is 340 g/mol. The van der Waals surface area contributed by atoms with E-state index >= 15 is 0 Å². The van der Waals surface area contributed by atoms with Gasteiger partial charge in [-0.1, -0.05) is 30.3 Å². The van der Waals surface area contributed by atoms with Crippen LogP contribution in [-0.4, -0.2) is 22.8 Å². The Kier molecular flexibility index (Phi) is 4.57. The van der Waals surface area contributed by atoms with Crippen LogP contribution in [0.1, 0.15) is 4.88 Å². The smallest absolute Gasteiger partial charge is 0.244 e. The number of thiazole rings is 1. The summed E-state index contributed by atoms with van der Waals surface area (Å²) in [5, 5.41) is 1.10. The van der Waals surface area contributed by atoms with Crippen LogP contribution in [0.4, 0.5) is 26.3 Å². The van der Waals surface area contributed by atoms with E-state index < -0.39 is 29.9 Å². The van der Waals surface area contributed by atoms with Crippen molar-refractivity contribution in [3.8, 4) is 10.6 Å². The zero-order valence-corrected chi connectivity index (χ0v) is 12.6. The molecule has 3 rings (SSSR count). The molecule has 8 heteroatoms. The molecule has 2 aromatic rings. The van der Waals surface area contributed by atoms with Crippen molar-refractivity contribution in [3.63, 3.8) is 0 Å². The first-order chi connectivity index (χ1) is 10.6. The van der Waals surface area contributed by atoms with Gasteiger partial charge in [-0.2, -0.15) is 26.3 Å². The molecule has 0 amide bonds. The van der Waals surface area contributed by atoms with Gasteiger partial charge in [0.05, 0.1) is 0 Å². The molecule has 23 heavy (non-hydrogen) atoms. The first-order valence-corrected chi connectivity index (χ1v) is 7.20. The predicted octanol–water partition coefficient (Wildman–Crippen LogP) is 5.58. The third-order valence-corrected chi connectivity index (χ3v) is 3.94. The Labute approximate surface area is 132 Å². The van der Waals surface area contributed by atoms with Crippen LogP contribution >= 0.6 is 11.3 Å². The summed E-state index contributed by atoms with van der Waals surface area (Å²) in [5.74, 6) is -14.8. The van der Waals surface area contributed by atoms with E-state index in [1.807, 2.05) is 24.4 Å². The van der Waals surface area contributed by atoms with Crippen molar-refractivity contribution in [2.75, 3.05) is 0 Å². The quantitative estimate of drug-likeness (QED) is 0.483. The van der Waals surface area contributed by atoms with Crippen molar-refractivity contribution >= 4 is 11.3 Å². The van der Waals surface area contributed by atoms with Gasteiger partial charge in [0.2, 0.25) is 0 Å². The summed E-state index contributed by atoms with van der Waals surface area (Å²) in [6, 6.07) is 10.2. The normalized spacial score (nSPS) is 20.0. The highest BCUT2D eigenvalue weighted by Crippen LogP contribution is 2.51. The second-order valence-electron chi connectivity index (χ2n) is 4.80. The maximum Gasteiger partial charge on any atom is 0.379 e. The first-order valence-electron chi connectivity index (χ1n) is 6.38. The van der Waals surface area contributed by atoms with Crippen LogP contribution in [0.3, 0.4) is 0 Å². The molecule has 1 aliphatic rings. The van der Waals surface area contributed by atoms with E-state index in [2.05, 4.69) is 24.0 Å². The fourth-order valence-electron chi connectivity index (χ4n) is 1.71. The molecule has 0 saturated heterocycles. The van der Waals surface area contributed by atoms with Crippen molar-refractivity contribution < 1.29 is 26.3 Å². The molecule has 0 radical (unpaired) electrons. The lowest BCUT2D eigenvalue weighted by molar-refractivity contribution is -0.259. The van der Waals surface area contributed by atoms with Crippen LogP contribution in [0.15, 0.2) is 48.7 Å². The first kappa shape index (κ1) is 17.5. The molecule has 0 unspecified atom stereocenters. The summed E-state index contributed by atoms with van der Waals surface area (Å²) in [6.07, 6.45) is 0.951. The van der Waals surface area contributed by atoms with E-state index in [4.69, 9.17) is 0 Å². The van der Waals surface area contributed by atoms with E-state index in [1.165, 1.54) is 10.4 Å². The molecular formula is C15H11F6NS. The van der Waals surface area contributed by atoms with Gasteiger partial charge < -0.3 is 0 Å². The van der Waals surface area contributed by atoms with Gasteiger partial charge in [0.25, 0.3) is 0 Å². The highest BCUT2D eigenvalue weighted by Gasteiger charge is 2.73. The second kappa shape index (κ2) is 5.99. The molecule has 0 spiro atoms. The molecule has 1 aliphatic carbocycles. The van der Waals surface area contributed by atoms with Crippen LogP contribution in [0.5, 0.6) is 0 Å². The zero-order chi connectivity index (χ0) is 17.3. The summed E-state index contributed by atoms with van der Waals surface area (Å²) in [6.45, 7) is 2.07. The lowest BCUT2D eigenvalue weighted by Gasteiger charge is -2.22. The molecule has 1 nitrogen and oxygen atoms in total. The fraction of sp³-hybridized carbons (Fsp3) is 0.267. The molecule has 0 atom stereocenters. The molecule has 0 fully saturated rings. The molecule has 1 aromatic carbocycles. The van der Waals surface area contributed by atoms with Gasteiger partial charge in [-0.05, 0) is 19.1 Å². The van der Waals surface area contributed by atoms with Crippen molar-refractivity contribution in [2.24, 2.45) is 0 Å². The van der Waals surface area contributed by atoms with Crippen molar-refractivity contribution in [1.29, 1.82) is 0 Å². The highest BCUT2D eigenvalue weighted by atomic mass is 32.1. The summed E-state index contributed by atoms with van der Waals surface area (Å²) >= 11 is 1.73. The Morgan fingerprint density at radius 2 is 1.39 bits per heavy atom. The summed E-state index contributed by atoms with van der Waals surface area (Å²) in [5.41, 5.74) is 1.20. The average Bonchev–Trinajstić information content (AvgIpc) is 2.98. The maximum absolute atomic E-state index is 11.9. The minimum Gasteiger partial charge on any atom is -0.244 e. The number of nitrogens with zero attached hydrogens (tertiary/aromatic N) is 1. The lowest BCUT2D eigenvalue weighted by Crippen LogP contribution is -2.47. The standard InChI is InChI=1S/C10H9NS.C5H2F6/c1-8-7-11-10(12-8)9-5-3-2-4-6-9;6-3(7)1-2-4(8,9)5(3,10)11/h2-7H,1H3;1-2H. The number of alkyl halides is 6. The average molecular weight is 351 g/mol. The van der Waals surface area contributed by atoms with Crippen LogP contribution in [0.2, 0.25) is 0 Å². The van der Waals surface area contributed by atoms with Gasteiger partial charge in [-0.25, -0.2) is 4.98 Å². The van der Waals surface area contributed by atoms with E-state index in [0.29, 0.717) is 0 Å². The van der Waals surface area contributed by atoms with Gasteiger partial charge in [-0.3, -0.25) is 0 Å². The molecule has 0 N–H and O–H groups in total. The molecule has 124 valence electrons. The number of halogens is 6. The summed E-state index contributed by atoms with van der Waals surface area (Å²) < 4.78 is 71.5. The van der Waals surface area contributed by atoms with Crippen molar-refractivity contribution in [3.05, 3.63) is 53.6 Å². The largest absolute Gasteiger partial charge is 0.379 e. The van der Waals surface area contributed by atoms with Gasteiger partial charge in [0, 0.05) is 16.6 Å². The van der Waals surface area contributed by atoms with E-state index in [-0.39, 0.29) is 0 Å². The van der Waals surface area contributed by atoms with Gasteiger partial charge in [0.15, 0.2) is 0 Å². The van der Waals surface area contributed by atoms with Crippen LogP contribution < -0.4 is 0 Å². The molecule has 0 saturated carbocycles. The third kappa shape index (κ3) is 3.41. The number of hydrogen-bond donors (Lipinski definition) is 0. The van der Waals surface area contributed by atoms with Crippen LogP contribution in [0.25, 0.3) is 10.6 Å². The fourth-order valence-corrected chi connectivity index (χ4v) is 2.48. The second-order valence-corrected chi connectivity index (χ2v) is 6.03. The Hall–Kier alpha value is -1.83. The number of allylic oxidation sites excluding steroid dienone is 2. The number of benzene rings is 1. The lowest BCUT2D eigenvalue weighted by atomic mass is 10.2. The predicted molar refractivity (Wildman–Crippen MR) is 76.3 cm³/mol. The summed E-state index contributed by atoms with van der Waals surface area (Å²) in [4.78, 5) is 5.56. The van der Waals surface area contributed by atoms with Gasteiger partial charge in [0.1, 0.15) is 5.01 Å². The number of aryl methyl sites for hydroxylation is 1. The molecule has 0 bridgehead atoms. The molecule has 1 aromatic heterocycles. The van der Waals surface area contributed by atoms with E-state index in [9.17, 15) is 26.3 Å². The SMILES string of the molecule is Cc1cnc(-c2ccccc2)s1.FC1(F)C=CC(F)(F)C1(F)F. The van der Waals surface area contributed by atoms with Gasteiger partial charge in [-0.15, -0.1) is 11.3 Å². The highest BCUT2D eigenvalue weighted by molar-refractivity contribution is 7.14. The van der Waals surface area contributed by atoms with Crippen molar-refractivity contribution in [1.82, 2.24) is 4.98 Å². The number of rotatable bonds is 1. The van der Waals surface area contributed by atoms with Crippen molar-refractivity contribution in [2.45, 2.75) is 24.7 Å². The molecule has 0 aliphatic heterocycles. The van der Waals surface area contributed by atoms with Crippen LogP contribution in [0, 0.1) is 6.92 Å². The Balaban J connectivity index is 0.000000168. The maximum atomic E-state index is 11.9. The Morgan fingerprint density at radius 3 is 1.74 bits per heavy atom. The minimum absolute atomic E-state index is 0.479. The third-order valence-electron chi connectivity index (χ3n) is 2.98.